The Morgan fingerprint density at radius 2 is 2.09 bits per heavy atom. The Bertz CT molecular complexity index is 535. The van der Waals surface area contributed by atoms with Gasteiger partial charge in [-0.3, -0.25) is 4.90 Å². The normalized spacial score (nSPS) is 15.1. The van der Waals surface area contributed by atoms with Crippen LogP contribution in [0.5, 0.6) is 0 Å². The maximum Gasteiger partial charge on any atom is 0.407 e. The molecule has 0 bridgehead atoms. The Labute approximate surface area is 140 Å². The lowest BCUT2D eigenvalue weighted by atomic mass is 9.96. The van der Waals surface area contributed by atoms with E-state index in [0.29, 0.717) is 6.54 Å². The summed E-state index contributed by atoms with van der Waals surface area (Å²) in [5.74, 6) is 0. The first kappa shape index (κ1) is 17.8. The smallest absolute Gasteiger partial charge is 0.407 e. The monoisotopic (exact) mass is 318 g/mol. The Morgan fingerprint density at radius 3 is 2.78 bits per heavy atom. The van der Waals surface area contributed by atoms with Crippen LogP contribution in [0, 0.1) is 0 Å². The number of fused-ring (bicyclic) bond motifs is 1. The molecule has 1 aliphatic rings. The summed E-state index contributed by atoms with van der Waals surface area (Å²) in [5.41, 5.74) is 3.94. The predicted octanol–water partition coefficient (Wildman–Crippen LogP) is 3.52. The summed E-state index contributed by atoms with van der Waals surface area (Å²) in [6, 6.07) is 6.88. The second kappa shape index (κ2) is 7.82. The summed E-state index contributed by atoms with van der Waals surface area (Å²) in [6.07, 6.45) is 2.84. The first-order valence-corrected chi connectivity index (χ1v) is 8.67. The van der Waals surface area contributed by atoms with Gasteiger partial charge in [-0.05, 0) is 56.7 Å². The molecular weight excluding hydrogens is 288 g/mol. The molecule has 0 radical (unpaired) electrons. The van der Waals surface area contributed by atoms with Crippen LogP contribution in [0.25, 0.3) is 0 Å². The summed E-state index contributed by atoms with van der Waals surface area (Å²) in [7, 11) is 0. The fourth-order valence-electron chi connectivity index (χ4n) is 2.89. The van der Waals surface area contributed by atoms with E-state index in [0.717, 1.165) is 38.9 Å². The van der Waals surface area contributed by atoms with E-state index >= 15 is 0 Å². The Hall–Kier alpha value is -1.55. The number of hydrogen-bond acceptors (Lipinski definition) is 3. The molecule has 0 aromatic heterocycles. The molecule has 4 nitrogen and oxygen atoms in total. The number of aryl methyl sites for hydroxylation is 1. The van der Waals surface area contributed by atoms with Crippen molar-refractivity contribution < 1.29 is 9.53 Å². The van der Waals surface area contributed by atoms with Gasteiger partial charge in [-0.1, -0.05) is 25.1 Å². The highest BCUT2D eigenvalue weighted by Gasteiger charge is 2.17. The van der Waals surface area contributed by atoms with Crippen LogP contribution in [-0.4, -0.2) is 36.2 Å². The molecule has 0 spiro atoms. The predicted molar refractivity (Wildman–Crippen MR) is 93.7 cm³/mol. The van der Waals surface area contributed by atoms with E-state index < -0.39 is 5.60 Å². The van der Waals surface area contributed by atoms with Crippen LogP contribution in [-0.2, 0) is 24.1 Å². The van der Waals surface area contributed by atoms with Crippen molar-refractivity contribution in [3.63, 3.8) is 0 Å². The van der Waals surface area contributed by atoms with Crippen LogP contribution in [0.4, 0.5) is 4.79 Å². The topological polar surface area (TPSA) is 41.6 Å². The number of carbonyl (C=O) groups is 1. The van der Waals surface area contributed by atoms with Gasteiger partial charge >= 0.3 is 6.09 Å². The van der Waals surface area contributed by atoms with Crippen LogP contribution in [0.3, 0.4) is 0 Å². The number of nitrogens with zero attached hydrogens (tertiary/aromatic N) is 1. The van der Waals surface area contributed by atoms with Gasteiger partial charge in [0.25, 0.3) is 0 Å². The molecule has 0 atom stereocenters. The van der Waals surface area contributed by atoms with Gasteiger partial charge in [0.15, 0.2) is 0 Å². The van der Waals surface area contributed by atoms with Crippen LogP contribution in [0.15, 0.2) is 18.2 Å². The van der Waals surface area contributed by atoms with E-state index in [9.17, 15) is 4.79 Å². The van der Waals surface area contributed by atoms with Gasteiger partial charge in [-0.2, -0.15) is 0 Å². The minimum absolute atomic E-state index is 0.325. The van der Waals surface area contributed by atoms with E-state index in [1.54, 1.807) is 0 Å². The molecule has 4 heteroatoms. The molecule has 128 valence electrons. The summed E-state index contributed by atoms with van der Waals surface area (Å²) in [5, 5.41) is 2.83. The van der Waals surface area contributed by atoms with Crippen molar-refractivity contribution in [2.24, 2.45) is 0 Å². The standard InChI is InChI=1S/C19H30N2O2/c1-5-15-7-8-16-9-12-21(14-17(16)13-15)11-6-10-20-18(22)23-19(2,3)4/h7-8,13H,5-6,9-12,14H2,1-4H3,(H,20,22). The Kier molecular flexibility index (Phi) is 6.05. The Morgan fingerprint density at radius 1 is 1.30 bits per heavy atom. The Balaban J connectivity index is 1.72. The number of carbonyl (C=O) groups excluding carboxylic acids is 1. The SMILES string of the molecule is CCc1ccc2c(c1)CN(CCCNC(=O)OC(C)(C)C)CC2. The van der Waals surface area contributed by atoms with Gasteiger partial charge < -0.3 is 10.1 Å². The lowest BCUT2D eigenvalue weighted by Crippen LogP contribution is -2.36. The number of hydrogen-bond donors (Lipinski definition) is 1. The average molecular weight is 318 g/mol. The highest BCUT2D eigenvalue weighted by molar-refractivity contribution is 5.67. The van der Waals surface area contributed by atoms with Crippen LogP contribution in [0.1, 0.15) is 50.8 Å². The van der Waals surface area contributed by atoms with Crippen LogP contribution in [0.2, 0.25) is 0 Å². The molecule has 1 aromatic rings. The maximum absolute atomic E-state index is 11.6. The second-order valence-electron chi connectivity index (χ2n) is 7.26. The molecule has 1 aliphatic heterocycles. The third-order valence-electron chi connectivity index (χ3n) is 4.09. The quantitative estimate of drug-likeness (QED) is 0.845. The van der Waals surface area contributed by atoms with E-state index in [1.807, 2.05) is 20.8 Å². The molecule has 1 heterocycles. The summed E-state index contributed by atoms with van der Waals surface area (Å²) in [4.78, 5) is 14.1. The van der Waals surface area contributed by atoms with Crippen molar-refractivity contribution in [3.05, 3.63) is 34.9 Å². The van der Waals surface area contributed by atoms with E-state index in [4.69, 9.17) is 4.74 Å². The largest absolute Gasteiger partial charge is 0.444 e. The zero-order valence-corrected chi connectivity index (χ0v) is 14.9. The van der Waals surface area contributed by atoms with E-state index in [1.165, 1.54) is 16.7 Å². The molecule has 0 unspecified atom stereocenters. The van der Waals surface area contributed by atoms with Crippen molar-refractivity contribution in [3.8, 4) is 0 Å². The number of amides is 1. The summed E-state index contributed by atoms with van der Waals surface area (Å²) in [6.45, 7) is 11.6. The lowest BCUT2D eigenvalue weighted by Gasteiger charge is -2.29. The third-order valence-corrected chi connectivity index (χ3v) is 4.09. The van der Waals surface area contributed by atoms with Crippen molar-refractivity contribution in [1.29, 1.82) is 0 Å². The molecule has 0 aliphatic carbocycles. The van der Waals surface area contributed by atoms with Crippen LogP contribution < -0.4 is 5.32 Å². The second-order valence-corrected chi connectivity index (χ2v) is 7.26. The molecule has 2 rings (SSSR count). The summed E-state index contributed by atoms with van der Waals surface area (Å²) >= 11 is 0. The molecular formula is C19H30N2O2. The number of nitrogens with one attached hydrogen (secondary N) is 1. The minimum atomic E-state index is -0.433. The van der Waals surface area contributed by atoms with E-state index in [-0.39, 0.29) is 6.09 Å². The van der Waals surface area contributed by atoms with Crippen molar-refractivity contribution >= 4 is 6.09 Å². The number of alkyl carbamates (subject to hydrolysis) is 1. The van der Waals surface area contributed by atoms with Gasteiger partial charge in [0, 0.05) is 26.2 Å². The number of ether oxygens (including phenoxy) is 1. The number of rotatable bonds is 5. The highest BCUT2D eigenvalue weighted by Crippen LogP contribution is 2.20. The average Bonchev–Trinajstić information content (AvgIpc) is 2.49. The van der Waals surface area contributed by atoms with Crippen molar-refractivity contribution in [2.45, 2.75) is 59.1 Å². The molecule has 0 fully saturated rings. The zero-order chi connectivity index (χ0) is 16.9. The first-order valence-electron chi connectivity index (χ1n) is 8.67. The summed E-state index contributed by atoms with van der Waals surface area (Å²) < 4.78 is 5.24. The molecule has 1 N–H and O–H groups in total. The van der Waals surface area contributed by atoms with Gasteiger partial charge in [0.05, 0.1) is 0 Å². The van der Waals surface area contributed by atoms with Crippen molar-refractivity contribution in [2.75, 3.05) is 19.6 Å². The van der Waals surface area contributed by atoms with Gasteiger partial charge in [0.1, 0.15) is 5.60 Å². The minimum Gasteiger partial charge on any atom is -0.444 e. The maximum atomic E-state index is 11.6. The fraction of sp³-hybridized carbons (Fsp3) is 0.632. The molecule has 1 aromatic carbocycles. The van der Waals surface area contributed by atoms with Gasteiger partial charge in [-0.25, -0.2) is 4.79 Å². The fourth-order valence-corrected chi connectivity index (χ4v) is 2.89. The van der Waals surface area contributed by atoms with Crippen molar-refractivity contribution in [1.82, 2.24) is 10.2 Å². The highest BCUT2D eigenvalue weighted by atomic mass is 16.6. The third kappa shape index (κ3) is 5.87. The molecule has 0 saturated heterocycles. The van der Waals surface area contributed by atoms with Gasteiger partial charge in [-0.15, -0.1) is 0 Å². The first-order chi connectivity index (χ1) is 10.9. The molecule has 0 saturated carbocycles. The lowest BCUT2D eigenvalue weighted by molar-refractivity contribution is 0.0525. The molecule has 1 amide bonds. The van der Waals surface area contributed by atoms with E-state index in [2.05, 4.69) is 35.3 Å². The van der Waals surface area contributed by atoms with Gasteiger partial charge in [0.2, 0.25) is 0 Å². The number of benzene rings is 1. The zero-order valence-electron chi connectivity index (χ0n) is 14.9. The molecule has 23 heavy (non-hydrogen) atoms. The van der Waals surface area contributed by atoms with Crippen LogP contribution >= 0.6 is 0 Å².